The maximum atomic E-state index is 11.2. The van der Waals surface area contributed by atoms with Crippen molar-refractivity contribution in [3.05, 3.63) is 12.1 Å². The van der Waals surface area contributed by atoms with Crippen LogP contribution in [0.15, 0.2) is 12.1 Å². The Bertz CT molecular complexity index is 545. The number of hydrogen-bond donors (Lipinski definition) is 5. The van der Waals surface area contributed by atoms with Crippen LogP contribution in [0.3, 0.4) is 0 Å². The van der Waals surface area contributed by atoms with E-state index in [9.17, 15) is 24.6 Å². The molecule has 1 unspecified atom stereocenters. The summed E-state index contributed by atoms with van der Waals surface area (Å²) in [5.74, 6) is -5.20. The first-order valence-corrected chi connectivity index (χ1v) is 6.12. The van der Waals surface area contributed by atoms with Crippen LogP contribution in [0.5, 0.6) is 11.8 Å². The van der Waals surface area contributed by atoms with E-state index in [-0.39, 0.29) is 6.42 Å². The van der Waals surface area contributed by atoms with Gasteiger partial charge >= 0.3 is 17.9 Å². The molecule has 0 aromatic carbocycles. The van der Waals surface area contributed by atoms with Gasteiger partial charge in [-0.1, -0.05) is 0 Å². The number of aromatic hydroxyl groups is 2. The van der Waals surface area contributed by atoms with E-state index in [1.165, 1.54) is 0 Å². The Morgan fingerprint density at radius 1 is 1.05 bits per heavy atom. The molecule has 1 rings (SSSR count). The summed E-state index contributed by atoms with van der Waals surface area (Å²) in [6.07, 6.45) is -2.67. The lowest BCUT2D eigenvalue weighted by molar-refractivity contribution is -0.157. The van der Waals surface area contributed by atoms with Gasteiger partial charge in [0.1, 0.15) is 6.04 Å². The molecule has 1 heterocycles. The van der Waals surface area contributed by atoms with Gasteiger partial charge in [0, 0.05) is 18.6 Å². The molecule has 0 fully saturated rings. The van der Waals surface area contributed by atoms with Crippen molar-refractivity contribution in [2.45, 2.75) is 25.0 Å². The summed E-state index contributed by atoms with van der Waals surface area (Å²) in [5.41, 5.74) is 0. The van der Waals surface area contributed by atoms with Gasteiger partial charge in [0.15, 0.2) is 17.9 Å². The molecule has 5 N–H and O–H groups in total. The van der Waals surface area contributed by atoms with E-state index in [2.05, 4.69) is 0 Å². The van der Waals surface area contributed by atoms with Crippen LogP contribution in [0.4, 0.5) is 0 Å². The predicted octanol–water partition coefficient (Wildman–Crippen LogP) is -0.140. The number of ether oxygens (including phenoxy) is 1. The zero-order chi connectivity index (χ0) is 16.9. The minimum Gasteiger partial charge on any atom is -0.494 e. The molecule has 0 saturated heterocycles. The topological polar surface area (TPSA) is 167 Å². The molecular weight excluding hydrogens is 302 g/mol. The Balaban J connectivity index is 2.72. The van der Waals surface area contributed by atoms with Gasteiger partial charge in [-0.05, 0) is 0 Å². The van der Waals surface area contributed by atoms with Crippen LogP contribution in [-0.2, 0) is 19.1 Å². The third-order valence-corrected chi connectivity index (χ3v) is 2.82. The molecule has 22 heavy (non-hydrogen) atoms. The van der Waals surface area contributed by atoms with Gasteiger partial charge < -0.3 is 30.3 Å². The van der Waals surface area contributed by atoms with Crippen molar-refractivity contribution in [3.63, 3.8) is 0 Å². The maximum Gasteiger partial charge on any atom is 0.333 e. The van der Waals surface area contributed by atoms with Crippen molar-refractivity contribution >= 4 is 17.9 Å². The number of aromatic nitrogens is 1. The summed E-state index contributed by atoms with van der Waals surface area (Å²) < 4.78 is 5.59. The molecule has 10 heteroatoms. The smallest absolute Gasteiger partial charge is 0.333 e. The molecule has 0 spiro atoms. The van der Waals surface area contributed by atoms with Gasteiger partial charge in [-0.2, -0.15) is 0 Å². The van der Waals surface area contributed by atoms with Gasteiger partial charge in [0.05, 0.1) is 13.0 Å². The molecule has 122 valence electrons. The highest BCUT2D eigenvalue weighted by Crippen LogP contribution is 2.28. The van der Waals surface area contributed by atoms with E-state index in [1.54, 1.807) is 0 Å². The van der Waals surface area contributed by atoms with Gasteiger partial charge in [-0.3, -0.25) is 9.36 Å². The first kappa shape index (κ1) is 17.3. The average Bonchev–Trinajstić information content (AvgIpc) is 2.72. The van der Waals surface area contributed by atoms with Gasteiger partial charge in [-0.25, -0.2) is 9.59 Å². The van der Waals surface area contributed by atoms with E-state index in [1.807, 2.05) is 0 Å². The average molecular weight is 317 g/mol. The third-order valence-electron chi connectivity index (χ3n) is 2.82. The number of carboxylic acids is 3. The molecule has 0 amide bonds. The molecule has 2 atom stereocenters. The lowest BCUT2D eigenvalue weighted by atomic mass is 10.2. The number of rotatable bonds is 9. The fraction of sp³-hybridized carbons (Fsp3) is 0.417. The molecule has 0 aliphatic heterocycles. The van der Waals surface area contributed by atoms with Crippen LogP contribution in [0.1, 0.15) is 18.9 Å². The molecule has 0 radical (unpaired) electrons. The second kappa shape index (κ2) is 7.31. The van der Waals surface area contributed by atoms with E-state index < -0.39 is 54.8 Å². The van der Waals surface area contributed by atoms with Gasteiger partial charge in [0.25, 0.3) is 0 Å². The van der Waals surface area contributed by atoms with Crippen molar-refractivity contribution in [1.29, 1.82) is 0 Å². The number of carbonyl (C=O) groups is 3. The minimum atomic E-state index is -1.61. The lowest BCUT2D eigenvalue weighted by Gasteiger charge is -2.18. The Morgan fingerprint density at radius 3 is 2.00 bits per heavy atom. The Labute approximate surface area is 123 Å². The van der Waals surface area contributed by atoms with Crippen molar-refractivity contribution in [2.75, 3.05) is 6.61 Å². The minimum absolute atomic E-state index is 0.283. The Morgan fingerprint density at radius 2 is 1.59 bits per heavy atom. The highest BCUT2D eigenvalue weighted by Gasteiger charge is 2.26. The van der Waals surface area contributed by atoms with Crippen molar-refractivity contribution in [2.24, 2.45) is 0 Å². The van der Waals surface area contributed by atoms with Crippen LogP contribution >= 0.6 is 0 Å². The highest BCUT2D eigenvalue weighted by molar-refractivity contribution is 5.79. The van der Waals surface area contributed by atoms with E-state index in [4.69, 9.17) is 20.1 Å². The molecule has 0 aliphatic carbocycles. The van der Waals surface area contributed by atoms with Crippen LogP contribution in [0.25, 0.3) is 0 Å². The fourth-order valence-electron chi connectivity index (χ4n) is 1.81. The fourth-order valence-corrected chi connectivity index (χ4v) is 1.81. The zero-order valence-electron chi connectivity index (χ0n) is 11.2. The monoisotopic (exact) mass is 317 g/mol. The molecule has 1 aromatic rings. The summed E-state index contributed by atoms with van der Waals surface area (Å²) in [5, 5.41) is 45.4. The number of aliphatic carboxylic acids is 3. The normalized spacial score (nSPS) is 13.5. The highest BCUT2D eigenvalue weighted by atomic mass is 16.5. The van der Waals surface area contributed by atoms with Gasteiger partial charge in [-0.15, -0.1) is 0 Å². The van der Waals surface area contributed by atoms with Gasteiger partial charge in [0.2, 0.25) is 0 Å². The largest absolute Gasteiger partial charge is 0.494 e. The Kier molecular flexibility index (Phi) is 5.75. The lowest BCUT2D eigenvalue weighted by Crippen LogP contribution is -2.29. The first-order chi connectivity index (χ1) is 10.2. The van der Waals surface area contributed by atoms with Crippen LogP contribution in [0, 0.1) is 0 Å². The Hall–Kier alpha value is -2.75. The summed E-state index contributed by atoms with van der Waals surface area (Å²) >= 11 is 0. The standard InChI is InChI=1S/C12H15NO9/c14-8-1-2-9(15)13(8)6(11(18)19)3-4-22-7(12(20)21)5-10(16)17/h1-2,6-7,14-15H,3-5H2,(H,16,17)(H,18,19)(H,20,21)/t6-,7?/m0/s1. The van der Waals surface area contributed by atoms with Crippen LogP contribution < -0.4 is 0 Å². The summed E-state index contributed by atoms with van der Waals surface area (Å²) in [4.78, 5) is 32.5. The number of carboxylic acid groups (broad SMARTS) is 3. The van der Waals surface area contributed by atoms with Crippen LogP contribution in [0.2, 0.25) is 0 Å². The predicted molar refractivity (Wildman–Crippen MR) is 68.7 cm³/mol. The second-order valence-corrected chi connectivity index (χ2v) is 4.36. The van der Waals surface area contributed by atoms with E-state index in [0.29, 0.717) is 0 Å². The number of hydrogen-bond acceptors (Lipinski definition) is 6. The number of nitrogens with zero attached hydrogens (tertiary/aromatic N) is 1. The summed E-state index contributed by atoms with van der Waals surface area (Å²) in [7, 11) is 0. The van der Waals surface area contributed by atoms with E-state index in [0.717, 1.165) is 16.7 Å². The maximum absolute atomic E-state index is 11.2. The summed E-state index contributed by atoms with van der Waals surface area (Å²) in [6.45, 7) is -0.391. The van der Waals surface area contributed by atoms with Crippen molar-refractivity contribution in [3.8, 4) is 11.8 Å². The summed E-state index contributed by atoms with van der Waals surface area (Å²) in [6, 6.07) is 0.794. The van der Waals surface area contributed by atoms with Crippen molar-refractivity contribution < 1.29 is 44.7 Å². The molecule has 1 aromatic heterocycles. The molecule has 10 nitrogen and oxygen atoms in total. The van der Waals surface area contributed by atoms with E-state index >= 15 is 0 Å². The first-order valence-electron chi connectivity index (χ1n) is 6.12. The van der Waals surface area contributed by atoms with Crippen molar-refractivity contribution in [1.82, 2.24) is 4.57 Å². The molecular formula is C12H15NO9. The molecule has 0 bridgehead atoms. The molecule has 0 aliphatic rings. The third kappa shape index (κ3) is 4.38. The quantitative estimate of drug-likeness (QED) is 0.416. The second-order valence-electron chi connectivity index (χ2n) is 4.36. The SMILES string of the molecule is O=C(O)CC(OCC[C@@H](C(=O)O)n1c(O)ccc1O)C(=O)O. The molecule has 0 saturated carbocycles. The zero-order valence-corrected chi connectivity index (χ0v) is 11.2. The van der Waals surface area contributed by atoms with Crippen LogP contribution in [-0.4, -0.2) is 60.7 Å².